The number of rotatable bonds is 1. The van der Waals surface area contributed by atoms with Crippen molar-refractivity contribution in [1.82, 2.24) is 8.75 Å². The van der Waals surface area contributed by atoms with E-state index in [9.17, 15) is 0 Å². The van der Waals surface area contributed by atoms with Gasteiger partial charge in [-0.3, -0.25) is 0 Å². The van der Waals surface area contributed by atoms with Crippen LogP contribution in [0.4, 0.5) is 5.82 Å². The summed E-state index contributed by atoms with van der Waals surface area (Å²) in [6.07, 6.45) is 4.45. The number of hydrogen-bond donors (Lipinski definition) is 0. The first kappa shape index (κ1) is 6.09. The minimum absolute atomic E-state index is 1.06. The summed E-state index contributed by atoms with van der Waals surface area (Å²) in [5.74, 6) is 1.06. The molecule has 1 aliphatic heterocycles. The van der Waals surface area contributed by atoms with E-state index in [2.05, 4.69) is 13.6 Å². The van der Waals surface area contributed by atoms with Crippen LogP contribution in [0.1, 0.15) is 12.8 Å². The molecule has 1 saturated heterocycles. The van der Waals surface area contributed by atoms with E-state index in [4.69, 9.17) is 0 Å². The summed E-state index contributed by atoms with van der Waals surface area (Å²) < 4.78 is 8.11. The summed E-state index contributed by atoms with van der Waals surface area (Å²) in [5, 5.41) is 0. The Morgan fingerprint density at radius 2 is 2.20 bits per heavy atom. The molecule has 0 bridgehead atoms. The number of aromatic nitrogens is 2. The van der Waals surface area contributed by atoms with E-state index in [1.807, 2.05) is 6.20 Å². The molecule has 4 heteroatoms. The van der Waals surface area contributed by atoms with Crippen molar-refractivity contribution in [3.63, 3.8) is 0 Å². The third-order valence-corrected chi connectivity index (χ3v) is 2.25. The lowest BCUT2D eigenvalue weighted by atomic mass is 10.4. The normalized spacial score (nSPS) is 18.2. The Bertz CT molecular complexity index is 191. The molecule has 1 aliphatic rings. The second-order valence-corrected chi connectivity index (χ2v) is 3.02. The minimum Gasteiger partial charge on any atom is -0.354 e. The molecule has 0 atom stereocenters. The van der Waals surface area contributed by atoms with Gasteiger partial charge in [-0.2, -0.15) is 8.75 Å². The summed E-state index contributed by atoms with van der Waals surface area (Å²) in [6.45, 7) is 2.32. The highest BCUT2D eigenvalue weighted by Gasteiger charge is 2.13. The van der Waals surface area contributed by atoms with Crippen LogP contribution >= 0.6 is 11.7 Å². The SMILES string of the molecule is c1nsnc1N1CCCC1. The van der Waals surface area contributed by atoms with Gasteiger partial charge in [-0.25, -0.2) is 0 Å². The summed E-state index contributed by atoms with van der Waals surface area (Å²) >= 11 is 1.28. The topological polar surface area (TPSA) is 29.0 Å². The van der Waals surface area contributed by atoms with E-state index >= 15 is 0 Å². The van der Waals surface area contributed by atoms with E-state index in [1.54, 1.807) is 0 Å². The lowest BCUT2D eigenvalue weighted by Crippen LogP contribution is -2.17. The third kappa shape index (κ3) is 0.988. The Morgan fingerprint density at radius 1 is 1.40 bits per heavy atom. The Labute approximate surface area is 64.0 Å². The smallest absolute Gasteiger partial charge is 0.162 e. The molecule has 0 N–H and O–H groups in total. The lowest BCUT2D eigenvalue weighted by molar-refractivity contribution is 0.949. The quantitative estimate of drug-likeness (QED) is 0.609. The maximum absolute atomic E-state index is 4.15. The number of nitrogens with zero attached hydrogens (tertiary/aromatic N) is 3. The van der Waals surface area contributed by atoms with Crippen molar-refractivity contribution in [3.05, 3.63) is 6.20 Å². The van der Waals surface area contributed by atoms with Crippen molar-refractivity contribution in [1.29, 1.82) is 0 Å². The zero-order chi connectivity index (χ0) is 6.81. The average molecular weight is 155 g/mol. The molecule has 1 aromatic heterocycles. The van der Waals surface area contributed by atoms with Gasteiger partial charge >= 0.3 is 0 Å². The Kier molecular flexibility index (Phi) is 1.55. The molecular weight excluding hydrogens is 146 g/mol. The molecule has 0 radical (unpaired) electrons. The molecule has 0 amide bonds. The molecule has 0 spiro atoms. The van der Waals surface area contributed by atoms with Crippen LogP contribution in [-0.4, -0.2) is 21.8 Å². The summed E-state index contributed by atoms with van der Waals surface area (Å²) in [5.41, 5.74) is 0. The largest absolute Gasteiger partial charge is 0.354 e. The van der Waals surface area contributed by atoms with E-state index in [0.717, 1.165) is 18.9 Å². The maximum atomic E-state index is 4.15. The molecule has 54 valence electrons. The van der Waals surface area contributed by atoms with Crippen molar-refractivity contribution in [3.8, 4) is 0 Å². The van der Waals surface area contributed by atoms with Crippen molar-refractivity contribution in [2.45, 2.75) is 12.8 Å². The monoisotopic (exact) mass is 155 g/mol. The predicted octanol–water partition coefficient (Wildman–Crippen LogP) is 1.14. The minimum atomic E-state index is 1.06. The molecule has 0 saturated carbocycles. The highest BCUT2D eigenvalue weighted by molar-refractivity contribution is 6.99. The van der Waals surface area contributed by atoms with Crippen LogP contribution in [0.3, 0.4) is 0 Å². The Hall–Kier alpha value is -0.640. The van der Waals surface area contributed by atoms with E-state index < -0.39 is 0 Å². The first-order valence-electron chi connectivity index (χ1n) is 3.49. The third-order valence-electron chi connectivity index (χ3n) is 1.78. The maximum Gasteiger partial charge on any atom is 0.162 e. The van der Waals surface area contributed by atoms with Gasteiger partial charge in [-0.05, 0) is 12.8 Å². The summed E-state index contributed by atoms with van der Waals surface area (Å²) in [6, 6.07) is 0. The van der Waals surface area contributed by atoms with E-state index in [1.165, 1.54) is 24.6 Å². The second-order valence-electron chi connectivity index (χ2n) is 2.46. The molecule has 2 heterocycles. The first-order chi connectivity index (χ1) is 4.97. The van der Waals surface area contributed by atoms with Crippen LogP contribution in [0.2, 0.25) is 0 Å². The molecule has 3 nitrogen and oxygen atoms in total. The number of hydrogen-bond acceptors (Lipinski definition) is 4. The van der Waals surface area contributed by atoms with Gasteiger partial charge in [0.25, 0.3) is 0 Å². The molecular formula is C6H9N3S. The van der Waals surface area contributed by atoms with E-state index in [-0.39, 0.29) is 0 Å². The Morgan fingerprint density at radius 3 is 2.80 bits per heavy atom. The molecule has 0 aliphatic carbocycles. The van der Waals surface area contributed by atoms with Crippen molar-refractivity contribution >= 4 is 17.5 Å². The van der Waals surface area contributed by atoms with Gasteiger partial charge in [-0.15, -0.1) is 0 Å². The highest BCUT2D eigenvalue weighted by Crippen LogP contribution is 2.16. The van der Waals surface area contributed by atoms with Gasteiger partial charge in [0.05, 0.1) is 17.9 Å². The average Bonchev–Trinajstić information content (AvgIpc) is 2.59. The van der Waals surface area contributed by atoms with Gasteiger partial charge in [0.1, 0.15) is 0 Å². The highest BCUT2D eigenvalue weighted by atomic mass is 32.1. The first-order valence-corrected chi connectivity index (χ1v) is 4.22. The van der Waals surface area contributed by atoms with Crippen LogP contribution in [0.15, 0.2) is 6.20 Å². The van der Waals surface area contributed by atoms with Gasteiger partial charge in [0.15, 0.2) is 5.82 Å². The van der Waals surface area contributed by atoms with Crippen LogP contribution < -0.4 is 4.90 Å². The molecule has 1 aromatic rings. The number of anilines is 1. The summed E-state index contributed by atoms with van der Waals surface area (Å²) in [7, 11) is 0. The fraction of sp³-hybridized carbons (Fsp3) is 0.667. The van der Waals surface area contributed by atoms with Crippen LogP contribution in [0, 0.1) is 0 Å². The second kappa shape index (κ2) is 2.54. The van der Waals surface area contributed by atoms with Gasteiger partial charge in [0, 0.05) is 13.1 Å². The summed E-state index contributed by atoms with van der Waals surface area (Å²) in [4.78, 5) is 2.28. The zero-order valence-electron chi connectivity index (χ0n) is 5.66. The van der Waals surface area contributed by atoms with Crippen LogP contribution in [-0.2, 0) is 0 Å². The van der Waals surface area contributed by atoms with Crippen LogP contribution in [0.5, 0.6) is 0 Å². The molecule has 10 heavy (non-hydrogen) atoms. The van der Waals surface area contributed by atoms with Gasteiger partial charge in [-0.1, -0.05) is 0 Å². The molecule has 2 rings (SSSR count). The van der Waals surface area contributed by atoms with Gasteiger partial charge < -0.3 is 4.90 Å². The van der Waals surface area contributed by atoms with Crippen molar-refractivity contribution in [2.24, 2.45) is 0 Å². The van der Waals surface area contributed by atoms with Crippen LogP contribution in [0.25, 0.3) is 0 Å². The Balaban J connectivity index is 2.12. The molecule has 1 fully saturated rings. The predicted molar refractivity (Wildman–Crippen MR) is 41.4 cm³/mol. The fourth-order valence-corrected chi connectivity index (χ4v) is 1.68. The van der Waals surface area contributed by atoms with Gasteiger partial charge in [0.2, 0.25) is 0 Å². The fourth-order valence-electron chi connectivity index (χ4n) is 1.25. The van der Waals surface area contributed by atoms with E-state index in [0.29, 0.717) is 0 Å². The zero-order valence-corrected chi connectivity index (χ0v) is 6.47. The lowest BCUT2D eigenvalue weighted by Gasteiger charge is -2.11. The van der Waals surface area contributed by atoms with Crippen molar-refractivity contribution < 1.29 is 0 Å². The molecule has 0 aromatic carbocycles. The van der Waals surface area contributed by atoms with Crippen molar-refractivity contribution in [2.75, 3.05) is 18.0 Å². The molecule has 0 unspecified atom stereocenters. The standard InChI is InChI=1S/C6H9N3S/c1-2-4-9(3-1)6-5-7-10-8-6/h5H,1-4H2.